The van der Waals surface area contributed by atoms with Crippen LogP contribution >= 0.6 is 0 Å². The van der Waals surface area contributed by atoms with Gasteiger partial charge in [0.1, 0.15) is 0 Å². The minimum Gasteiger partial charge on any atom is -0.382 e. The van der Waals surface area contributed by atoms with Crippen molar-refractivity contribution in [1.29, 1.82) is 0 Å². The smallest absolute Gasteiger partial charge is 0.248 e. The van der Waals surface area contributed by atoms with Gasteiger partial charge in [-0.15, -0.1) is 0 Å². The molecular formula is C13H17F2N. The van der Waals surface area contributed by atoms with Crippen LogP contribution in [0, 0.1) is 6.92 Å². The summed E-state index contributed by atoms with van der Waals surface area (Å²) >= 11 is 0. The molecule has 0 unspecified atom stereocenters. The van der Waals surface area contributed by atoms with Crippen LogP contribution < -0.4 is 5.32 Å². The predicted molar refractivity (Wildman–Crippen MR) is 62.0 cm³/mol. The number of benzene rings is 1. The molecule has 0 aromatic heterocycles. The largest absolute Gasteiger partial charge is 0.382 e. The minimum absolute atomic E-state index is 0.0105. The Balaban J connectivity index is 1.95. The quantitative estimate of drug-likeness (QED) is 0.802. The van der Waals surface area contributed by atoms with Crippen molar-refractivity contribution < 1.29 is 8.78 Å². The minimum atomic E-state index is -2.44. The van der Waals surface area contributed by atoms with Crippen LogP contribution in [0.5, 0.6) is 0 Å². The fourth-order valence-corrected chi connectivity index (χ4v) is 2.14. The first-order valence-corrected chi connectivity index (χ1v) is 5.77. The maximum Gasteiger partial charge on any atom is 0.248 e. The number of halogens is 2. The van der Waals surface area contributed by atoms with Gasteiger partial charge in [-0.25, -0.2) is 8.78 Å². The molecule has 1 aromatic carbocycles. The van der Waals surface area contributed by atoms with Gasteiger partial charge in [-0.1, -0.05) is 18.2 Å². The molecule has 1 aromatic rings. The third-order valence-corrected chi connectivity index (χ3v) is 3.22. The third-order valence-electron chi connectivity index (χ3n) is 3.22. The SMILES string of the molecule is Cc1ccccc1NC1CCC(F)(F)CC1. The normalized spacial score (nSPS) is 20.7. The van der Waals surface area contributed by atoms with Gasteiger partial charge in [0, 0.05) is 24.6 Å². The first-order chi connectivity index (χ1) is 7.57. The standard InChI is InChI=1S/C13H17F2N/c1-10-4-2-3-5-12(10)16-11-6-8-13(14,15)9-7-11/h2-5,11,16H,6-9H2,1H3. The Hall–Kier alpha value is -1.12. The predicted octanol–water partition coefficient (Wildman–Crippen LogP) is 3.98. The molecule has 1 saturated carbocycles. The summed E-state index contributed by atoms with van der Waals surface area (Å²) in [7, 11) is 0. The Morgan fingerprint density at radius 1 is 1.19 bits per heavy atom. The zero-order chi connectivity index (χ0) is 11.6. The van der Waals surface area contributed by atoms with Crippen molar-refractivity contribution in [2.75, 3.05) is 5.32 Å². The summed E-state index contributed by atoms with van der Waals surface area (Å²) in [5.74, 6) is -2.44. The Morgan fingerprint density at radius 3 is 2.44 bits per heavy atom. The zero-order valence-electron chi connectivity index (χ0n) is 9.47. The monoisotopic (exact) mass is 225 g/mol. The van der Waals surface area contributed by atoms with Crippen molar-refractivity contribution in [3.63, 3.8) is 0 Å². The highest BCUT2D eigenvalue weighted by Crippen LogP contribution is 2.34. The van der Waals surface area contributed by atoms with E-state index in [0.29, 0.717) is 12.8 Å². The molecule has 0 saturated heterocycles. The van der Waals surface area contributed by atoms with E-state index in [9.17, 15) is 8.78 Å². The molecule has 1 aliphatic carbocycles. The van der Waals surface area contributed by atoms with E-state index >= 15 is 0 Å². The summed E-state index contributed by atoms with van der Waals surface area (Å²) in [6.07, 6.45) is 1.13. The van der Waals surface area contributed by atoms with E-state index in [2.05, 4.69) is 5.32 Å². The lowest BCUT2D eigenvalue weighted by molar-refractivity contribution is -0.0360. The molecule has 0 heterocycles. The van der Waals surface area contributed by atoms with Crippen molar-refractivity contribution >= 4 is 5.69 Å². The van der Waals surface area contributed by atoms with Crippen LogP contribution in [0.1, 0.15) is 31.2 Å². The Kier molecular flexibility index (Phi) is 3.13. The van der Waals surface area contributed by atoms with E-state index in [1.807, 2.05) is 31.2 Å². The molecule has 0 aliphatic heterocycles. The van der Waals surface area contributed by atoms with Crippen molar-refractivity contribution in [1.82, 2.24) is 0 Å². The number of hydrogen-bond donors (Lipinski definition) is 1. The van der Waals surface area contributed by atoms with Crippen LogP contribution in [0.3, 0.4) is 0 Å². The number of aryl methyl sites for hydroxylation is 1. The van der Waals surface area contributed by atoms with Crippen molar-refractivity contribution in [3.05, 3.63) is 29.8 Å². The van der Waals surface area contributed by atoms with Gasteiger partial charge in [-0.05, 0) is 31.4 Å². The van der Waals surface area contributed by atoms with E-state index in [0.717, 1.165) is 5.69 Å². The molecule has 0 spiro atoms. The van der Waals surface area contributed by atoms with Crippen LogP contribution in [0.4, 0.5) is 14.5 Å². The van der Waals surface area contributed by atoms with Gasteiger partial charge in [0.15, 0.2) is 0 Å². The van der Waals surface area contributed by atoms with Crippen LogP contribution in [-0.4, -0.2) is 12.0 Å². The van der Waals surface area contributed by atoms with Gasteiger partial charge in [-0.3, -0.25) is 0 Å². The molecule has 0 atom stereocenters. The van der Waals surface area contributed by atoms with Gasteiger partial charge in [0.05, 0.1) is 0 Å². The van der Waals surface area contributed by atoms with Crippen LogP contribution in [0.25, 0.3) is 0 Å². The van der Waals surface area contributed by atoms with Crippen LogP contribution in [0.15, 0.2) is 24.3 Å². The molecule has 16 heavy (non-hydrogen) atoms. The van der Waals surface area contributed by atoms with E-state index < -0.39 is 5.92 Å². The number of para-hydroxylation sites is 1. The van der Waals surface area contributed by atoms with Gasteiger partial charge >= 0.3 is 0 Å². The van der Waals surface area contributed by atoms with E-state index in [1.54, 1.807) is 0 Å². The summed E-state index contributed by atoms with van der Waals surface area (Å²) < 4.78 is 25.9. The lowest BCUT2D eigenvalue weighted by atomic mass is 9.92. The fourth-order valence-electron chi connectivity index (χ4n) is 2.14. The highest BCUT2D eigenvalue weighted by atomic mass is 19.3. The summed E-state index contributed by atoms with van der Waals surface area (Å²) in [4.78, 5) is 0. The Morgan fingerprint density at radius 2 is 1.81 bits per heavy atom. The second-order valence-electron chi connectivity index (χ2n) is 4.59. The van der Waals surface area contributed by atoms with E-state index in [1.165, 1.54) is 5.56 Å². The average Bonchev–Trinajstić information content (AvgIpc) is 2.24. The molecule has 2 rings (SSSR count). The first kappa shape index (κ1) is 11.4. The summed E-state index contributed by atoms with van der Waals surface area (Å²) in [5.41, 5.74) is 2.23. The second-order valence-corrected chi connectivity index (χ2v) is 4.59. The lowest BCUT2D eigenvalue weighted by Crippen LogP contribution is -2.32. The van der Waals surface area contributed by atoms with Gasteiger partial charge in [-0.2, -0.15) is 0 Å². The summed E-state index contributed by atoms with van der Waals surface area (Å²) in [6.45, 7) is 2.03. The van der Waals surface area contributed by atoms with Crippen LogP contribution in [0.2, 0.25) is 0 Å². The fraction of sp³-hybridized carbons (Fsp3) is 0.538. The maximum atomic E-state index is 13.0. The van der Waals surface area contributed by atoms with Crippen LogP contribution in [-0.2, 0) is 0 Å². The molecule has 88 valence electrons. The number of rotatable bonds is 2. The zero-order valence-corrected chi connectivity index (χ0v) is 9.47. The molecule has 1 aliphatic rings. The molecule has 1 nitrogen and oxygen atoms in total. The summed E-state index contributed by atoms with van der Waals surface area (Å²) in [5, 5.41) is 3.35. The first-order valence-electron chi connectivity index (χ1n) is 5.77. The van der Waals surface area contributed by atoms with Gasteiger partial charge < -0.3 is 5.32 Å². The van der Waals surface area contributed by atoms with E-state index in [4.69, 9.17) is 0 Å². The van der Waals surface area contributed by atoms with Crippen molar-refractivity contribution in [2.45, 2.75) is 44.6 Å². The van der Waals surface area contributed by atoms with Gasteiger partial charge in [0.25, 0.3) is 0 Å². The molecule has 3 heteroatoms. The second kappa shape index (κ2) is 4.40. The Labute approximate surface area is 94.9 Å². The lowest BCUT2D eigenvalue weighted by Gasteiger charge is -2.29. The topological polar surface area (TPSA) is 12.0 Å². The third kappa shape index (κ3) is 2.71. The highest BCUT2D eigenvalue weighted by Gasteiger charge is 2.34. The average molecular weight is 225 g/mol. The Bertz CT molecular complexity index is 353. The number of hydrogen-bond acceptors (Lipinski definition) is 1. The van der Waals surface area contributed by atoms with E-state index in [-0.39, 0.29) is 18.9 Å². The van der Waals surface area contributed by atoms with Crippen molar-refractivity contribution in [3.8, 4) is 0 Å². The highest BCUT2D eigenvalue weighted by molar-refractivity contribution is 5.50. The number of alkyl halides is 2. The maximum absolute atomic E-state index is 13.0. The molecule has 0 bridgehead atoms. The molecule has 0 amide bonds. The number of anilines is 1. The molecule has 1 N–H and O–H groups in total. The van der Waals surface area contributed by atoms with Gasteiger partial charge in [0.2, 0.25) is 5.92 Å². The molecule has 0 radical (unpaired) electrons. The molecular weight excluding hydrogens is 208 g/mol. The molecule has 1 fully saturated rings. The number of nitrogens with one attached hydrogen (secondary N) is 1. The van der Waals surface area contributed by atoms with Crippen molar-refractivity contribution in [2.24, 2.45) is 0 Å². The summed E-state index contributed by atoms with van der Waals surface area (Å²) in [6, 6.07) is 8.17.